The molecule has 6 heteroatoms. The van der Waals surface area contributed by atoms with Gasteiger partial charge in [0.05, 0.1) is 18.2 Å². The highest BCUT2D eigenvalue weighted by molar-refractivity contribution is 6.73. The number of piperazine rings is 1. The van der Waals surface area contributed by atoms with E-state index in [4.69, 9.17) is 9.16 Å². The fourth-order valence-corrected chi connectivity index (χ4v) is 7.54. The number of ether oxygens (including phenoxy) is 1. The number of hydrogen-bond acceptors (Lipinski definition) is 4. The maximum atomic E-state index is 12.8. The molecule has 2 aliphatic heterocycles. The van der Waals surface area contributed by atoms with E-state index in [1.165, 1.54) is 0 Å². The van der Waals surface area contributed by atoms with E-state index < -0.39 is 13.9 Å². The van der Waals surface area contributed by atoms with Crippen LogP contribution in [0.25, 0.3) is 0 Å². The van der Waals surface area contributed by atoms with Crippen LogP contribution in [0.4, 0.5) is 4.79 Å². The van der Waals surface area contributed by atoms with Crippen LogP contribution in [0.5, 0.6) is 0 Å². The molecule has 0 spiro atoms. The normalized spacial score (nSPS) is 27.5. The minimum Gasteiger partial charge on any atom is -0.444 e. The van der Waals surface area contributed by atoms with Gasteiger partial charge < -0.3 is 14.5 Å². The first kappa shape index (κ1) is 21.7. The van der Waals surface area contributed by atoms with E-state index in [0.29, 0.717) is 0 Å². The predicted octanol–water partition coefficient (Wildman–Crippen LogP) is 4.53. The third-order valence-corrected chi connectivity index (χ3v) is 11.0. The van der Waals surface area contributed by atoms with Crippen LogP contribution in [0, 0.1) is 0 Å². The molecule has 26 heavy (non-hydrogen) atoms. The molecule has 0 aromatic rings. The van der Waals surface area contributed by atoms with Crippen LogP contribution in [0.2, 0.25) is 18.1 Å². The molecule has 2 heterocycles. The van der Waals surface area contributed by atoms with Crippen LogP contribution >= 0.6 is 0 Å². The second-order valence-electron chi connectivity index (χ2n) is 8.93. The maximum Gasteiger partial charge on any atom is 0.410 e. The number of rotatable bonds is 7. The second-order valence-corrected chi connectivity index (χ2v) is 13.7. The van der Waals surface area contributed by atoms with Crippen LogP contribution in [0.3, 0.4) is 0 Å². The summed E-state index contributed by atoms with van der Waals surface area (Å²) in [5.41, 5.74) is -0.452. The van der Waals surface area contributed by atoms with E-state index in [2.05, 4.69) is 33.0 Å². The van der Waals surface area contributed by atoms with Crippen LogP contribution in [0.15, 0.2) is 0 Å². The van der Waals surface area contributed by atoms with Crippen molar-refractivity contribution in [2.24, 2.45) is 0 Å². The lowest BCUT2D eigenvalue weighted by molar-refractivity contribution is -0.00786. The quantitative estimate of drug-likeness (QED) is 0.655. The number of nitrogens with one attached hydrogen (secondary N) is 1. The standard InChI is InChI=1S/C20H40N2O3Si/c1-8-17(25-26(9-2,10-3)11-4)18-16-13-12-15(14-21-18)22(16)19(23)24-20(5,6)7/h15-18,21H,8-14H2,1-7H3/t15-,16+,17+,18+/m1/s1. The summed E-state index contributed by atoms with van der Waals surface area (Å²) in [5, 5.41) is 3.72. The Labute approximate surface area is 161 Å². The average molecular weight is 385 g/mol. The molecule has 0 saturated carbocycles. The summed E-state index contributed by atoms with van der Waals surface area (Å²) in [6, 6.07) is 4.13. The van der Waals surface area contributed by atoms with Gasteiger partial charge >= 0.3 is 6.09 Å². The zero-order chi connectivity index (χ0) is 19.5. The Morgan fingerprint density at radius 1 is 1.15 bits per heavy atom. The van der Waals surface area contributed by atoms with Crippen molar-refractivity contribution in [1.82, 2.24) is 10.2 Å². The molecule has 2 rings (SSSR count). The number of fused-ring (bicyclic) bond motifs is 2. The van der Waals surface area contributed by atoms with E-state index in [1.54, 1.807) is 0 Å². The van der Waals surface area contributed by atoms with Gasteiger partial charge in [0.25, 0.3) is 0 Å². The van der Waals surface area contributed by atoms with Crippen LogP contribution in [-0.4, -0.2) is 55.7 Å². The molecule has 0 radical (unpaired) electrons. The Hall–Kier alpha value is -0.593. The monoisotopic (exact) mass is 384 g/mol. The summed E-state index contributed by atoms with van der Waals surface area (Å²) in [6.45, 7) is 15.7. The highest BCUT2D eigenvalue weighted by atomic mass is 28.4. The highest BCUT2D eigenvalue weighted by Gasteiger charge is 2.49. The second kappa shape index (κ2) is 8.61. The molecule has 5 nitrogen and oxygen atoms in total. The molecular weight excluding hydrogens is 344 g/mol. The van der Waals surface area contributed by atoms with Gasteiger partial charge in [-0.05, 0) is 58.2 Å². The van der Waals surface area contributed by atoms with E-state index in [1.807, 2.05) is 25.7 Å². The summed E-state index contributed by atoms with van der Waals surface area (Å²) in [5.74, 6) is 0. The zero-order valence-electron chi connectivity index (χ0n) is 17.9. The maximum absolute atomic E-state index is 12.8. The lowest BCUT2D eigenvalue weighted by Gasteiger charge is -2.45. The first-order valence-corrected chi connectivity index (χ1v) is 13.2. The Morgan fingerprint density at radius 3 is 2.27 bits per heavy atom. The lowest BCUT2D eigenvalue weighted by Crippen LogP contribution is -2.65. The summed E-state index contributed by atoms with van der Waals surface area (Å²) >= 11 is 0. The predicted molar refractivity (Wildman–Crippen MR) is 109 cm³/mol. The van der Waals surface area contributed by atoms with Gasteiger partial charge in [-0.2, -0.15) is 0 Å². The van der Waals surface area contributed by atoms with Gasteiger partial charge in [0.2, 0.25) is 0 Å². The molecule has 152 valence electrons. The van der Waals surface area contributed by atoms with E-state index in [0.717, 1.165) is 43.9 Å². The first-order valence-electron chi connectivity index (χ1n) is 10.6. The van der Waals surface area contributed by atoms with Crippen LogP contribution < -0.4 is 5.32 Å². The molecule has 0 aromatic heterocycles. The fourth-order valence-electron chi connectivity index (χ4n) is 4.58. The molecule has 0 aromatic carbocycles. The van der Waals surface area contributed by atoms with Crippen molar-refractivity contribution in [3.63, 3.8) is 0 Å². The average Bonchev–Trinajstić information content (AvgIpc) is 2.90. The SMILES string of the molecule is CC[C@H](O[Si](CC)(CC)CC)[C@H]1NC[C@H]2CC[C@@H]1N2C(=O)OC(C)(C)C. The van der Waals surface area contributed by atoms with Crippen LogP contribution in [0.1, 0.15) is 67.7 Å². The molecule has 0 unspecified atom stereocenters. The van der Waals surface area contributed by atoms with E-state index in [9.17, 15) is 4.79 Å². The Bertz CT molecular complexity index is 468. The van der Waals surface area contributed by atoms with Crippen molar-refractivity contribution in [2.45, 2.75) is 116 Å². The van der Waals surface area contributed by atoms with Crippen molar-refractivity contribution < 1.29 is 14.0 Å². The molecular formula is C20H40N2O3Si. The van der Waals surface area contributed by atoms with Gasteiger partial charge in [-0.15, -0.1) is 0 Å². The topological polar surface area (TPSA) is 50.8 Å². The molecule has 0 aliphatic carbocycles. The van der Waals surface area contributed by atoms with Gasteiger partial charge in [0.1, 0.15) is 5.60 Å². The Kier molecular flexibility index (Phi) is 7.19. The molecule has 2 bridgehead atoms. The molecule has 2 fully saturated rings. The molecule has 2 saturated heterocycles. The zero-order valence-corrected chi connectivity index (χ0v) is 18.9. The summed E-state index contributed by atoms with van der Waals surface area (Å²) in [7, 11) is -1.68. The molecule has 1 N–H and O–H groups in total. The first-order chi connectivity index (χ1) is 12.2. The van der Waals surface area contributed by atoms with Crippen molar-refractivity contribution in [2.75, 3.05) is 6.54 Å². The largest absolute Gasteiger partial charge is 0.444 e. The summed E-state index contributed by atoms with van der Waals surface area (Å²) in [4.78, 5) is 14.8. The number of carbonyl (C=O) groups is 1. The van der Waals surface area contributed by atoms with Crippen LogP contribution in [-0.2, 0) is 9.16 Å². The van der Waals surface area contributed by atoms with Crippen molar-refractivity contribution in [3.05, 3.63) is 0 Å². The molecule has 4 atom stereocenters. The number of hydrogen-bond donors (Lipinski definition) is 1. The number of carbonyl (C=O) groups excluding carboxylic acids is 1. The Balaban J connectivity index is 2.17. The van der Waals surface area contributed by atoms with Gasteiger partial charge in [0, 0.05) is 12.6 Å². The molecule has 1 amide bonds. The molecule has 2 aliphatic rings. The third-order valence-electron chi connectivity index (χ3n) is 6.29. The smallest absolute Gasteiger partial charge is 0.410 e. The summed E-state index contributed by atoms with van der Waals surface area (Å²) < 4.78 is 12.6. The van der Waals surface area contributed by atoms with Gasteiger partial charge in [0.15, 0.2) is 8.32 Å². The van der Waals surface area contributed by atoms with Gasteiger partial charge in [-0.25, -0.2) is 4.79 Å². The van der Waals surface area contributed by atoms with Gasteiger partial charge in [-0.3, -0.25) is 4.90 Å². The number of amides is 1. The van der Waals surface area contributed by atoms with Crippen molar-refractivity contribution in [1.29, 1.82) is 0 Å². The van der Waals surface area contributed by atoms with E-state index in [-0.39, 0.29) is 30.3 Å². The van der Waals surface area contributed by atoms with Crippen molar-refractivity contribution in [3.8, 4) is 0 Å². The fraction of sp³-hybridized carbons (Fsp3) is 0.950. The lowest BCUT2D eigenvalue weighted by atomic mass is 9.98. The summed E-state index contributed by atoms with van der Waals surface area (Å²) in [6.07, 6.45) is 3.10. The van der Waals surface area contributed by atoms with Crippen molar-refractivity contribution >= 4 is 14.4 Å². The minimum atomic E-state index is -1.68. The highest BCUT2D eigenvalue weighted by Crippen LogP contribution is 2.35. The Morgan fingerprint density at radius 2 is 1.77 bits per heavy atom. The minimum absolute atomic E-state index is 0.156. The van der Waals surface area contributed by atoms with Gasteiger partial charge in [-0.1, -0.05) is 27.7 Å². The third kappa shape index (κ3) is 4.63. The number of nitrogens with zero attached hydrogens (tertiary/aromatic N) is 1. The van der Waals surface area contributed by atoms with E-state index >= 15 is 0 Å².